The lowest BCUT2D eigenvalue weighted by atomic mass is 9.96. The minimum absolute atomic E-state index is 0.120. The monoisotopic (exact) mass is 362 g/mol. The molecule has 1 aliphatic heterocycles. The molecule has 0 spiro atoms. The summed E-state index contributed by atoms with van der Waals surface area (Å²) in [7, 11) is 0. The number of fused-ring (bicyclic) bond motifs is 1. The second-order valence-electron chi connectivity index (χ2n) is 6.77. The second-order valence-corrected chi connectivity index (χ2v) is 6.77. The molecule has 1 aliphatic rings. The molecule has 0 aliphatic carbocycles. The summed E-state index contributed by atoms with van der Waals surface area (Å²) < 4.78 is 0. The predicted octanol–water partition coefficient (Wildman–Crippen LogP) is 2.10. The van der Waals surface area contributed by atoms with Gasteiger partial charge < -0.3 is 5.32 Å². The van der Waals surface area contributed by atoms with Crippen LogP contribution in [0.1, 0.15) is 13.8 Å². The smallest absolute Gasteiger partial charge is 0.251 e. The Labute approximate surface area is 155 Å². The normalized spacial score (nSPS) is 15.2. The number of rotatable bonds is 3. The topological polar surface area (TPSA) is 93.0 Å². The van der Waals surface area contributed by atoms with E-state index >= 15 is 0 Å². The average Bonchev–Trinajstić information content (AvgIpc) is 3.11. The van der Waals surface area contributed by atoms with Crippen LogP contribution in [0.15, 0.2) is 54.6 Å². The minimum Gasteiger partial charge on any atom is -0.322 e. The molecule has 4 rings (SSSR count). The largest absolute Gasteiger partial charge is 0.322 e. The molecular formula is C19H18N6O2. The lowest BCUT2D eigenvalue weighted by Crippen LogP contribution is -2.59. The number of hydrogen-bond donors (Lipinski definition) is 1. The van der Waals surface area contributed by atoms with Gasteiger partial charge in [-0.25, -0.2) is 0 Å². The molecule has 2 amide bonds. The number of carbonyl (C=O) groups is 2. The van der Waals surface area contributed by atoms with Crippen molar-refractivity contribution in [3.63, 3.8) is 0 Å². The van der Waals surface area contributed by atoms with Gasteiger partial charge in [0.25, 0.3) is 5.91 Å². The predicted molar refractivity (Wildman–Crippen MR) is 99.9 cm³/mol. The van der Waals surface area contributed by atoms with Gasteiger partial charge >= 0.3 is 0 Å². The number of amides is 2. The van der Waals surface area contributed by atoms with Crippen LogP contribution in [0.3, 0.4) is 0 Å². The van der Waals surface area contributed by atoms with Gasteiger partial charge in [-0.2, -0.15) is 4.80 Å². The molecule has 0 bridgehead atoms. The van der Waals surface area contributed by atoms with E-state index in [2.05, 4.69) is 20.7 Å². The average molecular weight is 362 g/mol. The quantitative estimate of drug-likeness (QED) is 0.770. The van der Waals surface area contributed by atoms with Gasteiger partial charge in [0.1, 0.15) is 12.1 Å². The van der Waals surface area contributed by atoms with Gasteiger partial charge in [0.2, 0.25) is 11.7 Å². The molecule has 0 saturated carbocycles. The van der Waals surface area contributed by atoms with Crippen molar-refractivity contribution in [2.45, 2.75) is 25.9 Å². The molecule has 136 valence electrons. The molecule has 0 atom stereocenters. The van der Waals surface area contributed by atoms with Crippen molar-refractivity contribution in [3.8, 4) is 11.4 Å². The summed E-state index contributed by atoms with van der Waals surface area (Å²) in [6.07, 6.45) is 0. The number of anilines is 2. The molecule has 0 saturated heterocycles. The Balaban J connectivity index is 1.63. The third-order valence-electron chi connectivity index (χ3n) is 4.52. The first-order chi connectivity index (χ1) is 13.0. The highest BCUT2D eigenvalue weighted by atomic mass is 16.2. The Kier molecular flexibility index (Phi) is 3.95. The lowest BCUT2D eigenvalue weighted by Gasteiger charge is -2.41. The highest BCUT2D eigenvalue weighted by molar-refractivity contribution is 6.14. The molecule has 2 heterocycles. The molecule has 0 radical (unpaired) electrons. The molecular weight excluding hydrogens is 344 g/mol. The molecule has 2 aromatic carbocycles. The second kappa shape index (κ2) is 6.31. The van der Waals surface area contributed by atoms with Crippen molar-refractivity contribution in [3.05, 3.63) is 54.6 Å². The van der Waals surface area contributed by atoms with E-state index in [4.69, 9.17) is 0 Å². The number of para-hydroxylation sites is 2. The molecule has 0 unspecified atom stereocenters. The maximum atomic E-state index is 13.1. The number of benzene rings is 2. The SMILES string of the molecule is CC1(C)C(=O)Nc2ccccc2N1C(=O)Cn1nnc(-c2ccccc2)n1. The first-order valence-electron chi connectivity index (χ1n) is 8.53. The van der Waals surface area contributed by atoms with Crippen LogP contribution in [0.25, 0.3) is 11.4 Å². The fourth-order valence-electron chi connectivity index (χ4n) is 3.10. The summed E-state index contributed by atoms with van der Waals surface area (Å²) in [5, 5.41) is 15.1. The van der Waals surface area contributed by atoms with Crippen LogP contribution < -0.4 is 10.2 Å². The van der Waals surface area contributed by atoms with E-state index < -0.39 is 5.54 Å². The minimum atomic E-state index is -1.03. The van der Waals surface area contributed by atoms with Gasteiger partial charge in [-0.05, 0) is 31.2 Å². The van der Waals surface area contributed by atoms with E-state index in [-0.39, 0.29) is 18.4 Å². The lowest BCUT2D eigenvalue weighted by molar-refractivity contribution is -0.127. The number of aromatic nitrogens is 4. The van der Waals surface area contributed by atoms with Crippen LogP contribution in [-0.2, 0) is 16.1 Å². The summed E-state index contributed by atoms with van der Waals surface area (Å²) in [6, 6.07) is 16.6. The van der Waals surface area contributed by atoms with Crippen LogP contribution in [0, 0.1) is 0 Å². The maximum Gasteiger partial charge on any atom is 0.251 e. The van der Waals surface area contributed by atoms with E-state index in [1.165, 1.54) is 9.70 Å². The molecule has 3 aromatic rings. The summed E-state index contributed by atoms with van der Waals surface area (Å²) >= 11 is 0. The first kappa shape index (κ1) is 16.9. The summed E-state index contributed by atoms with van der Waals surface area (Å²) in [5.74, 6) is -0.0927. The summed E-state index contributed by atoms with van der Waals surface area (Å²) in [4.78, 5) is 28.3. The fraction of sp³-hybridized carbons (Fsp3) is 0.211. The van der Waals surface area contributed by atoms with E-state index in [0.717, 1.165) is 5.56 Å². The third kappa shape index (κ3) is 2.95. The van der Waals surface area contributed by atoms with Crippen molar-refractivity contribution >= 4 is 23.2 Å². The van der Waals surface area contributed by atoms with Crippen molar-refractivity contribution in [2.24, 2.45) is 0 Å². The van der Waals surface area contributed by atoms with E-state index in [0.29, 0.717) is 17.2 Å². The van der Waals surface area contributed by atoms with Gasteiger partial charge in [-0.15, -0.1) is 10.2 Å². The van der Waals surface area contributed by atoms with Crippen molar-refractivity contribution in [1.29, 1.82) is 0 Å². The molecule has 1 N–H and O–H groups in total. The van der Waals surface area contributed by atoms with Gasteiger partial charge in [-0.3, -0.25) is 14.5 Å². The van der Waals surface area contributed by atoms with Crippen molar-refractivity contribution in [1.82, 2.24) is 20.2 Å². The molecule has 27 heavy (non-hydrogen) atoms. The Bertz CT molecular complexity index is 1010. The van der Waals surface area contributed by atoms with Gasteiger partial charge in [0.15, 0.2) is 0 Å². The van der Waals surface area contributed by atoms with Crippen LogP contribution in [-0.4, -0.2) is 37.6 Å². The van der Waals surface area contributed by atoms with Crippen LogP contribution in [0.4, 0.5) is 11.4 Å². The third-order valence-corrected chi connectivity index (χ3v) is 4.52. The Hall–Kier alpha value is -3.55. The van der Waals surface area contributed by atoms with Gasteiger partial charge in [-0.1, -0.05) is 42.5 Å². The Morgan fingerprint density at radius 1 is 1.07 bits per heavy atom. The van der Waals surface area contributed by atoms with E-state index in [9.17, 15) is 9.59 Å². The van der Waals surface area contributed by atoms with Crippen LogP contribution in [0.2, 0.25) is 0 Å². The number of hydrogen-bond acceptors (Lipinski definition) is 5. The molecule has 0 fully saturated rings. The summed E-state index contributed by atoms with van der Waals surface area (Å²) in [5.41, 5.74) is 1.04. The summed E-state index contributed by atoms with van der Waals surface area (Å²) in [6.45, 7) is 3.30. The van der Waals surface area contributed by atoms with Gasteiger partial charge in [0.05, 0.1) is 11.4 Å². The number of nitrogens with zero attached hydrogens (tertiary/aromatic N) is 5. The molecule has 8 heteroatoms. The zero-order valence-electron chi connectivity index (χ0n) is 15.0. The number of carbonyl (C=O) groups excluding carboxylic acids is 2. The van der Waals surface area contributed by atoms with Crippen LogP contribution >= 0.6 is 0 Å². The standard InChI is InChI=1S/C19H18N6O2/c1-19(2)18(27)20-14-10-6-7-11-15(14)25(19)16(26)12-24-22-17(21-23-24)13-8-4-3-5-9-13/h3-11H,12H2,1-2H3,(H,20,27). The van der Waals surface area contributed by atoms with Crippen LogP contribution in [0.5, 0.6) is 0 Å². The first-order valence-corrected chi connectivity index (χ1v) is 8.53. The van der Waals surface area contributed by atoms with E-state index in [1.54, 1.807) is 26.0 Å². The Morgan fingerprint density at radius 2 is 1.78 bits per heavy atom. The Morgan fingerprint density at radius 3 is 2.56 bits per heavy atom. The fourth-order valence-corrected chi connectivity index (χ4v) is 3.10. The molecule has 1 aromatic heterocycles. The van der Waals surface area contributed by atoms with Crippen molar-refractivity contribution in [2.75, 3.05) is 10.2 Å². The number of nitrogens with one attached hydrogen (secondary N) is 1. The highest BCUT2D eigenvalue weighted by Gasteiger charge is 2.43. The van der Waals surface area contributed by atoms with Crippen molar-refractivity contribution < 1.29 is 9.59 Å². The maximum absolute atomic E-state index is 13.1. The molecule has 8 nitrogen and oxygen atoms in total. The van der Waals surface area contributed by atoms with Gasteiger partial charge in [0, 0.05) is 5.56 Å². The number of tetrazole rings is 1. The van der Waals surface area contributed by atoms with E-state index in [1.807, 2.05) is 42.5 Å². The zero-order valence-corrected chi connectivity index (χ0v) is 15.0. The zero-order chi connectivity index (χ0) is 19.0. The highest BCUT2D eigenvalue weighted by Crippen LogP contribution is 2.36.